The Morgan fingerprint density at radius 2 is 1.68 bits per heavy atom. The molecule has 6 nitrogen and oxygen atoms in total. The number of nitrogens with one attached hydrogen (secondary N) is 1. The van der Waals surface area contributed by atoms with Gasteiger partial charge in [-0.25, -0.2) is 18.8 Å². The summed E-state index contributed by atoms with van der Waals surface area (Å²) in [4.78, 5) is 14.6. The molecule has 1 aromatic heterocycles. The zero-order valence-corrected chi connectivity index (χ0v) is 20.3. The lowest BCUT2D eigenvalue weighted by Gasteiger charge is -2.31. The average Bonchev–Trinajstić information content (AvgIpc) is 3.45. The molecule has 2 N–H and O–H groups in total. The summed E-state index contributed by atoms with van der Waals surface area (Å²) in [6.45, 7) is 5.17. The van der Waals surface area contributed by atoms with Crippen LogP contribution in [0.5, 0.6) is 11.6 Å². The Hall–Kier alpha value is -4.04. The van der Waals surface area contributed by atoms with E-state index in [0.29, 0.717) is 38.5 Å². The Labute approximate surface area is 212 Å². The fraction of sp³-hybridized carbons (Fsp3) is 0.241. The molecule has 37 heavy (non-hydrogen) atoms. The predicted molar refractivity (Wildman–Crippen MR) is 137 cm³/mol. The van der Waals surface area contributed by atoms with Crippen LogP contribution in [0.15, 0.2) is 76.5 Å². The Kier molecular flexibility index (Phi) is 5.96. The molecule has 4 aromatic rings. The molecule has 6 rings (SSSR count). The third-order valence-corrected chi connectivity index (χ3v) is 6.99. The van der Waals surface area contributed by atoms with Gasteiger partial charge in [0.25, 0.3) is 0 Å². The van der Waals surface area contributed by atoms with Crippen LogP contribution in [0.4, 0.5) is 8.78 Å². The Balaban J connectivity index is 1.50. The van der Waals surface area contributed by atoms with E-state index in [4.69, 9.17) is 4.74 Å². The fourth-order valence-electron chi connectivity index (χ4n) is 5.12. The third-order valence-electron chi connectivity index (χ3n) is 6.99. The van der Waals surface area contributed by atoms with Gasteiger partial charge >= 0.3 is 0 Å². The van der Waals surface area contributed by atoms with Gasteiger partial charge in [0.2, 0.25) is 0 Å². The Bertz CT molecular complexity index is 1600. The summed E-state index contributed by atoms with van der Waals surface area (Å²) in [6, 6.07) is 16.1. The Morgan fingerprint density at radius 3 is 2.32 bits per heavy atom. The van der Waals surface area contributed by atoms with Crippen molar-refractivity contribution in [2.24, 2.45) is 9.98 Å². The molecule has 0 amide bonds. The summed E-state index contributed by atoms with van der Waals surface area (Å²) >= 11 is 0. The summed E-state index contributed by atoms with van der Waals surface area (Å²) in [5.41, 5.74) is 1.57. The minimum absolute atomic E-state index is 0.0979. The van der Waals surface area contributed by atoms with Gasteiger partial charge in [-0.2, -0.15) is 0 Å². The van der Waals surface area contributed by atoms with Gasteiger partial charge in [0.1, 0.15) is 23.5 Å². The van der Waals surface area contributed by atoms with E-state index in [9.17, 15) is 13.9 Å². The maximum atomic E-state index is 14.4. The van der Waals surface area contributed by atoms with Gasteiger partial charge in [-0.15, -0.1) is 0 Å². The monoisotopic (exact) mass is 500 g/mol. The minimum atomic E-state index is -0.731. The maximum absolute atomic E-state index is 14.4. The van der Waals surface area contributed by atoms with E-state index in [-0.39, 0.29) is 23.4 Å². The number of nitrogens with zero attached hydrogens (tertiary/aromatic N) is 3. The zero-order valence-electron chi connectivity index (χ0n) is 20.3. The molecule has 0 unspecified atom stereocenters. The number of piperidine rings is 1. The van der Waals surface area contributed by atoms with Gasteiger partial charge < -0.3 is 19.7 Å². The second-order valence-electron chi connectivity index (χ2n) is 9.38. The van der Waals surface area contributed by atoms with Crippen molar-refractivity contribution in [3.8, 4) is 11.6 Å². The van der Waals surface area contributed by atoms with Crippen LogP contribution in [0, 0.1) is 11.6 Å². The van der Waals surface area contributed by atoms with E-state index < -0.39 is 11.6 Å². The number of benzene rings is 3. The second-order valence-corrected chi connectivity index (χ2v) is 9.38. The van der Waals surface area contributed by atoms with E-state index in [1.54, 1.807) is 0 Å². The second kappa shape index (κ2) is 9.44. The van der Waals surface area contributed by atoms with Crippen LogP contribution in [-0.4, -0.2) is 40.7 Å². The molecular formula is C29H26F2N4O2. The summed E-state index contributed by atoms with van der Waals surface area (Å²) < 4.78 is 35.0. The van der Waals surface area contributed by atoms with Crippen LogP contribution in [-0.2, 0) is 0 Å². The fourth-order valence-corrected chi connectivity index (χ4v) is 5.12. The summed E-state index contributed by atoms with van der Waals surface area (Å²) in [5, 5.41) is 13.0. The van der Waals surface area contributed by atoms with Gasteiger partial charge in [0.15, 0.2) is 11.7 Å². The lowest BCUT2D eigenvalue weighted by molar-refractivity contribution is 0.104. The number of ether oxygens (including phenoxy) is 1. The molecule has 8 heteroatoms. The number of fused-ring (bicyclic) bond motifs is 2. The highest BCUT2D eigenvalue weighted by atomic mass is 19.1. The van der Waals surface area contributed by atoms with Crippen molar-refractivity contribution in [3.63, 3.8) is 0 Å². The van der Waals surface area contributed by atoms with Crippen LogP contribution in [0.1, 0.15) is 30.9 Å². The molecule has 0 radical (unpaired) electrons. The van der Waals surface area contributed by atoms with Gasteiger partial charge in [0, 0.05) is 35.6 Å². The van der Waals surface area contributed by atoms with Crippen molar-refractivity contribution in [2.75, 3.05) is 19.6 Å². The van der Waals surface area contributed by atoms with E-state index >= 15 is 0 Å². The Morgan fingerprint density at radius 1 is 1.00 bits per heavy atom. The molecule has 0 saturated carbocycles. The van der Waals surface area contributed by atoms with Crippen molar-refractivity contribution < 1.29 is 18.6 Å². The number of aromatic hydroxyl groups is 1. The SMILES string of the molecule is CCN1CCC(Oc2ccc3[nH]c(O)c(C(=C4N=c5ccccc5=N4)c4cc(F)cc(F)c4)c3c2)CC1. The first-order valence-corrected chi connectivity index (χ1v) is 12.5. The highest BCUT2D eigenvalue weighted by molar-refractivity contribution is 6.01. The van der Waals surface area contributed by atoms with Gasteiger partial charge in [0.05, 0.1) is 16.3 Å². The number of aromatic amines is 1. The minimum Gasteiger partial charge on any atom is -0.494 e. The number of likely N-dealkylation sites (tertiary alicyclic amines) is 1. The number of aromatic nitrogens is 1. The third kappa shape index (κ3) is 4.49. The smallest absolute Gasteiger partial charge is 0.197 e. The van der Waals surface area contributed by atoms with Crippen molar-refractivity contribution in [1.82, 2.24) is 9.88 Å². The molecule has 0 atom stereocenters. The van der Waals surface area contributed by atoms with E-state index in [0.717, 1.165) is 38.5 Å². The summed E-state index contributed by atoms with van der Waals surface area (Å²) in [6.07, 6.45) is 1.97. The lowest BCUT2D eigenvalue weighted by atomic mass is 9.96. The molecule has 2 aliphatic heterocycles. The molecule has 2 aliphatic rings. The molecule has 188 valence electrons. The van der Waals surface area contributed by atoms with Crippen LogP contribution >= 0.6 is 0 Å². The first-order valence-electron chi connectivity index (χ1n) is 12.5. The summed E-state index contributed by atoms with van der Waals surface area (Å²) in [5.74, 6) is -0.672. The van der Waals surface area contributed by atoms with Gasteiger partial charge in [-0.3, -0.25) is 0 Å². The number of hydrogen-bond donors (Lipinski definition) is 2. The molecule has 0 bridgehead atoms. The molecule has 0 aliphatic carbocycles. The molecule has 3 aromatic carbocycles. The van der Waals surface area contributed by atoms with Crippen LogP contribution in [0.25, 0.3) is 16.5 Å². The van der Waals surface area contributed by atoms with E-state index in [1.807, 2.05) is 42.5 Å². The van der Waals surface area contributed by atoms with E-state index in [2.05, 4.69) is 26.8 Å². The normalized spacial score (nSPS) is 15.9. The van der Waals surface area contributed by atoms with E-state index in [1.165, 1.54) is 12.1 Å². The first kappa shape index (κ1) is 23.4. The topological polar surface area (TPSA) is 73.2 Å². The number of H-pyrrole nitrogens is 1. The lowest BCUT2D eigenvalue weighted by Crippen LogP contribution is -2.37. The molecular weight excluding hydrogens is 474 g/mol. The molecule has 0 spiro atoms. The van der Waals surface area contributed by atoms with Crippen LogP contribution < -0.4 is 15.5 Å². The number of para-hydroxylation sites is 2. The molecule has 1 fully saturated rings. The molecule has 1 saturated heterocycles. The van der Waals surface area contributed by atoms with Crippen molar-refractivity contribution in [2.45, 2.75) is 25.9 Å². The first-order chi connectivity index (χ1) is 18.0. The zero-order chi connectivity index (χ0) is 25.5. The summed E-state index contributed by atoms with van der Waals surface area (Å²) in [7, 11) is 0. The molecule has 3 heterocycles. The standard InChI is InChI=1S/C29H26F2N4O2/c1-2-35-11-9-20(10-12-35)37-21-7-8-23-22(16-21)27(29(36)34-23)26(17-13-18(30)15-19(31)14-17)28-32-24-5-3-4-6-25(24)33-28/h3-8,13-16,20,34,36H,2,9-12H2,1H3. The number of halogens is 2. The van der Waals surface area contributed by atoms with Gasteiger partial charge in [-0.05, 0) is 67.4 Å². The highest BCUT2D eigenvalue weighted by Crippen LogP contribution is 2.41. The van der Waals surface area contributed by atoms with Gasteiger partial charge in [-0.1, -0.05) is 19.1 Å². The number of rotatable bonds is 5. The van der Waals surface area contributed by atoms with Crippen molar-refractivity contribution >= 4 is 16.5 Å². The predicted octanol–water partition coefficient (Wildman–Crippen LogP) is 4.68. The van der Waals surface area contributed by atoms with Crippen LogP contribution in [0.3, 0.4) is 0 Å². The van der Waals surface area contributed by atoms with Crippen molar-refractivity contribution in [1.29, 1.82) is 0 Å². The largest absolute Gasteiger partial charge is 0.494 e. The highest BCUT2D eigenvalue weighted by Gasteiger charge is 2.24. The van der Waals surface area contributed by atoms with Crippen molar-refractivity contribution in [3.05, 3.63) is 100.0 Å². The van der Waals surface area contributed by atoms with Crippen LogP contribution in [0.2, 0.25) is 0 Å². The maximum Gasteiger partial charge on any atom is 0.197 e. The average molecular weight is 501 g/mol. The number of hydrogen-bond acceptors (Lipinski definition) is 5. The quantitative estimate of drug-likeness (QED) is 0.418.